The van der Waals surface area contributed by atoms with Gasteiger partial charge in [0.25, 0.3) is 10.2 Å². The Bertz CT molecular complexity index is 334. The number of methoxy groups -OCH3 is 1. The monoisotopic (exact) mass is 265 g/mol. The summed E-state index contributed by atoms with van der Waals surface area (Å²) in [6, 6.07) is -0.00463. The molecule has 1 aliphatic rings. The summed E-state index contributed by atoms with van der Waals surface area (Å²) >= 11 is 0. The Morgan fingerprint density at radius 1 is 1.47 bits per heavy atom. The Balaban J connectivity index is 2.54. The van der Waals surface area contributed by atoms with Crippen LogP contribution in [0.25, 0.3) is 0 Å². The zero-order valence-electron chi connectivity index (χ0n) is 11.0. The van der Waals surface area contributed by atoms with Gasteiger partial charge in [0, 0.05) is 39.8 Å². The van der Waals surface area contributed by atoms with Crippen LogP contribution in [0.5, 0.6) is 0 Å². The van der Waals surface area contributed by atoms with Crippen LogP contribution < -0.4 is 4.72 Å². The third-order valence-electron chi connectivity index (χ3n) is 3.12. The number of hydrogen-bond acceptors (Lipinski definition) is 4. The summed E-state index contributed by atoms with van der Waals surface area (Å²) in [5.74, 6) is 0.339. The van der Waals surface area contributed by atoms with Crippen LogP contribution in [0, 0.1) is 5.92 Å². The molecule has 0 aromatic carbocycles. The molecule has 17 heavy (non-hydrogen) atoms. The van der Waals surface area contributed by atoms with E-state index in [2.05, 4.69) is 16.5 Å². The number of likely N-dealkylation sites (tertiary alicyclic amines) is 1. The maximum atomic E-state index is 12.0. The van der Waals surface area contributed by atoms with E-state index < -0.39 is 10.2 Å². The molecule has 1 heterocycles. The molecule has 0 amide bonds. The van der Waals surface area contributed by atoms with Crippen LogP contribution in [0.4, 0.5) is 0 Å². The summed E-state index contributed by atoms with van der Waals surface area (Å²) in [6.45, 7) is 4.51. The maximum absolute atomic E-state index is 12.0. The molecule has 0 bridgehead atoms. The normalized spacial score (nSPS) is 26.9. The fourth-order valence-electron chi connectivity index (χ4n) is 1.98. The predicted molar refractivity (Wildman–Crippen MR) is 67.0 cm³/mol. The van der Waals surface area contributed by atoms with Crippen LogP contribution in [0.2, 0.25) is 0 Å². The summed E-state index contributed by atoms with van der Waals surface area (Å²) in [4.78, 5) is 2.13. The quantitative estimate of drug-likeness (QED) is 0.693. The second-order valence-electron chi connectivity index (χ2n) is 4.74. The Morgan fingerprint density at radius 2 is 2.12 bits per heavy atom. The zero-order valence-corrected chi connectivity index (χ0v) is 11.8. The lowest BCUT2D eigenvalue weighted by atomic mass is 10.1. The van der Waals surface area contributed by atoms with Crippen molar-refractivity contribution in [3.8, 4) is 0 Å². The van der Waals surface area contributed by atoms with Gasteiger partial charge in [-0.15, -0.1) is 0 Å². The molecule has 0 saturated carbocycles. The average molecular weight is 265 g/mol. The van der Waals surface area contributed by atoms with Crippen molar-refractivity contribution in [3.05, 3.63) is 0 Å². The van der Waals surface area contributed by atoms with Crippen molar-refractivity contribution in [2.45, 2.75) is 13.0 Å². The Morgan fingerprint density at radius 3 is 2.59 bits per heavy atom. The van der Waals surface area contributed by atoms with Gasteiger partial charge in [-0.1, -0.05) is 6.92 Å². The van der Waals surface area contributed by atoms with E-state index in [0.29, 0.717) is 19.1 Å². The molecular weight excluding hydrogens is 242 g/mol. The van der Waals surface area contributed by atoms with Crippen LogP contribution >= 0.6 is 0 Å². The molecule has 2 atom stereocenters. The van der Waals surface area contributed by atoms with Gasteiger partial charge in [-0.25, -0.2) is 0 Å². The molecule has 0 unspecified atom stereocenters. The molecule has 102 valence electrons. The van der Waals surface area contributed by atoms with Crippen LogP contribution in [0.15, 0.2) is 0 Å². The van der Waals surface area contributed by atoms with E-state index in [9.17, 15) is 8.42 Å². The average Bonchev–Trinajstić information content (AvgIpc) is 2.53. The van der Waals surface area contributed by atoms with E-state index in [-0.39, 0.29) is 6.04 Å². The maximum Gasteiger partial charge on any atom is 0.279 e. The van der Waals surface area contributed by atoms with Crippen molar-refractivity contribution in [2.24, 2.45) is 5.92 Å². The molecule has 1 saturated heterocycles. The summed E-state index contributed by atoms with van der Waals surface area (Å²) < 4.78 is 32.9. The van der Waals surface area contributed by atoms with Gasteiger partial charge < -0.3 is 9.64 Å². The first kappa shape index (κ1) is 14.8. The molecular formula is C10H23N3O3S. The first-order valence-corrected chi connectivity index (χ1v) is 7.22. The number of nitrogens with zero attached hydrogens (tertiary/aromatic N) is 2. The first-order valence-electron chi connectivity index (χ1n) is 5.78. The van der Waals surface area contributed by atoms with Crippen molar-refractivity contribution < 1.29 is 13.2 Å². The SMILES string of the molecule is COCCN(C)S(=O)(=O)N[C@@H]1CN(C)C[C@@H]1C. The summed E-state index contributed by atoms with van der Waals surface area (Å²) in [5.41, 5.74) is 0. The van der Waals surface area contributed by atoms with Gasteiger partial charge >= 0.3 is 0 Å². The molecule has 1 fully saturated rings. The fraction of sp³-hybridized carbons (Fsp3) is 1.00. The van der Waals surface area contributed by atoms with Gasteiger partial charge in [0.15, 0.2) is 0 Å². The lowest BCUT2D eigenvalue weighted by Gasteiger charge is -2.22. The van der Waals surface area contributed by atoms with Crippen LogP contribution in [-0.2, 0) is 14.9 Å². The van der Waals surface area contributed by atoms with E-state index in [1.807, 2.05) is 7.05 Å². The van der Waals surface area contributed by atoms with E-state index in [4.69, 9.17) is 4.74 Å². The number of hydrogen-bond donors (Lipinski definition) is 1. The highest BCUT2D eigenvalue weighted by molar-refractivity contribution is 7.87. The minimum Gasteiger partial charge on any atom is -0.383 e. The minimum absolute atomic E-state index is 0.00463. The van der Waals surface area contributed by atoms with E-state index in [1.165, 1.54) is 4.31 Å². The fourth-order valence-corrected chi connectivity index (χ4v) is 3.17. The van der Waals surface area contributed by atoms with E-state index in [0.717, 1.165) is 13.1 Å². The number of nitrogens with one attached hydrogen (secondary N) is 1. The van der Waals surface area contributed by atoms with Crippen LogP contribution in [-0.4, -0.2) is 71.1 Å². The van der Waals surface area contributed by atoms with E-state index in [1.54, 1.807) is 14.2 Å². The molecule has 1 rings (SSSR count). The molecule has 0 radical (unpaired) electrons. The van der Waals surface area contributed by atoms with E-state index >= 15 is 0 Å². The highest BCUT2D eigenvalue weighted by Crippen LogP contribution is 2.15. The van der Waals surface area contributed by atoms with Gasteiger partial charge in [0.05, 0.1) is 6.61 Å². The van der Waals surface area contributed by atoms with Crippen molar-refractivity contribution in [3.63, 3.8) is 0 Å². The topological polar surface area (TPSA) is 61.9 Å². The third-order valence-corrected chi connectivity index (χ3v) is 4.72. The molecule has 0 aromatic heterocycles. The molecule has 6 nitrogen and oxygen atoms in total. The molecule has 7 heteroatoms. The van der Waals surface area contributed by atoms with Gasteiger partial charge in [-0.3, -0.25) is 0 Å². The third kappa shape index (κ3) is 4.18. The second kappa shape index (κ2) is 6.10. The predicted octanol–water partition coefficient (Wildman–Crippen LogP) is -0.651. The molecule has 0 aliphatic carbocycles. The largest absolute Gasteiger partial charge is 0.383 e. The molecule has 1 aliphatic heterocycles. The molecule has 1 N–H and O–H groups in total. The van der Waals surface area contributed by atoms with Crippen molar-refractivity contribution in [1.29, 1.82) is 0 Å². The van der Waals surface area contributed by atoms with Crippen LogP contribution in [0.3, 0.4) is 0 Å². The van der Waals surface area contributed by atoms with Gasteiger partial charge in [-0.2, -0.15) is 17.4 Å². The van der Waals surface area contributed by atoms with Crippen molar-refractivity contribution >= 4 is 10.2 Å². The summed E-state index contributed by atoms with van der Waals surface area (Å²) in [5, 5.41) is 0. The van der Waals surface area contributed by atoms with Crippen molar-refractivity contribution in [1.82, 2.24) is 13.9 Å². The van der Waals surface area contributed by atoms with Gasteiger partial charge in [-0.05, 0) is 13.0 Å². The molecule has 0 spiro atoms. The second-order valence-corrected chi connectivity index (χ2v) is 6.55. The summed E-state index contributed by atoms with van der Waals surface area (Å²) in [7, 11) is 1.72. The number of rotatable bonds is 6. The Hall–Kier alpha value is -0.210. The van der Waals surface area contributed by atoms with Gasteiger partial charge in [0.1, 0.15) is 0 Å². The highest BCUT2D eigenvalue weighted by Gasteiger charge is 2.31. The lowest BCUT2D eigenvalue weighted by molar-refractivity contribution is 0.184. The summed E-state index contributed by atoms with van der Waals surface area (Å²) in [6.07, 6.45) is 0. The Kier molecular flexibility index (Phi) is 5.33. The lowest BCUT2D eigenvalue weighted by Crippen LogP contribution is -2.47. The first-order chi connectivity index (χ1) is 7.86. The van der Waals surface area contributed by atoms with Crippen molar-refractivity contribution in [2.75, 3.05) is 47.4 Å². The standard InChI is InChI=1S/C10H23N3O3S/c1-9-7-12(2)8-10(9)11-17(14,15)13(3)5-6-16-4/h9-11H,5-8H2,1-4H3/t9-,10+/m0/s1. The van der Waals surface area contributed by atoms with Gasteiger partial charge in [0.2, 0.25) is 0 Å². The number of likely N-dealkylation sites (N-methyl/N-ethyl adjacent to an activating group) is 2. The number of ether oxygens (including phenoxy) is 1. The highest BCUT2D eigenvalue weighted by atomic mass is 32.2. The molecule has 0 aromatic rings. The Labute approximate surface area is 104 Å². The van der Waals surface area contributed by atoms with Crippen LogP contribution in [0.1, 0.15) is 6.92 Å². The smallest absolute Gasteiger partial charge is 0.279 e. The minimum atomic E-state index is -3.40. The zero-order chi connectivity index (χ0) is 13.1.